The topological polar surface area (TPSA) is 45.4 Å². The van der Waals surface area contributed by atoms with Crippen LogP contribution in [0.4, 0.5) is 5.95 Å². The number of anilines is 1. The number of benzene rings is 1. The van der Waals surface area contributed by atoms with Crippen LogP contribution in [-0.4, -0.2) is 54.5 Å². The third kappa shape index (κ3) is 5.47. The van der Waals surface area contributed by atoms with E-state index in [-0.39, 0.29) is 0 Å². The van der Waals surface area contributed by atoms with Gasteiger partial charge in [0.1, 0.15) is 0 Å². The van der Waals surface area contributed by atoms with Crippen LogP contribution >= 0.6 is 11.8 Å². The van der Waals surface area contributed by atoms with Crippen molar-refractivity contribution in [2.24, 2.45) is 0 Å². The lowest BCUT2D eigenvalue weighted by Crippen LogP contribution is -2.34. The van der Waals surface area contributed by atoms with E-state index in [2.05, 4.69) is 45.4 Å². The molecule has 2 heterocycles. The maximum atomic E-state index is 5.43. The summed E-state index contributed by atoms with van der Waals surface area (Å²) in [6.45, 7) is 3.46. The third-order valence-electron chi connectivity index (χ3n) is 4.64. The molecule has 1 saturated heterocycles. The van der Waals surface area contributed by atoms with Crippen LogP contribution in [0.3, 0.4) is 0 Å². The van der Waals surface area contributed by atoms with E-state index in [0.717, 1.165) is 37.6 Å². The van der Waals surface area contributed by atoms with Gasteiger partial charge in [0.05, 0.1) is 0 Å². The first kappa shape index (κ1) is 18.3. The molecule has 136 valence electrons. The minimum absolute atomic E-state index is 0.421. The Kier molecular flexibility index (Phi) is 6.76. The summed E-state index contributed by atoms with van der Waals surface area (Å²) in [4.78, 5) is 8.96. The SMILES string of the molecule is CN(C)c1noc(C2CCN(CCCSCc3ccccc3)CC2)n1. The van der Waals surface area contributed by atoms with Gasteiger partial charge in [0.25, 0.3) is 5.95 Å². The van der Waals surface area contributed by atoms with Crippen molar-refractivity contribution in [3.63, 3.8) is 0 Å². The Morgan fingerprint density at radius 2 is 1.96 bits per heavy atom. The normalized spacial score (nSPS) is 16.2. The highest BCUT2D eigenvalue weighted by Gasteiger charge is 2.25. The molecule has 0 amide bonds. The van der Waals surface area contributed by atoms with Gasteiger partial charge in [0.2, 0.25) is 5.89 Å². The summed E-state index contributed by atoms with van der Waals surface area (Å²) in [7, 11) is 3.88. The molecule has 0 aliphatic carbocycles. The summed E-state index contributed by atoms with van der Waals surface area (Å²) in [5.74, 6) is 4.25. The van der Waals surface area contributed by atoms with Gasteiger partial charge in [0.15, 0.2) is 0 Å². The lowest BCUT2D eigenvalue weighted by Gasteiger charge is -2.30. The zero-order valence-corrected chi connectivity index (χ0v) is 16.0. The van der Waals surface area contributed by atoms with Gasteiger partial charge in [0, 0.05) is 25.8 Å². The molecule has 25 heavy (non-hydrogen) atoms. The van der Waals surface area contributed by atoms with Gasteiger partial charge < -0.3 is 14.3 Å². The van der Waals surface area contributed by atoms with Crippen LogP contribution in [0.5, 0.6) is 0 Å². The molecule has 0 bridgehead atoms. The molecule has 1 aliphatic heterocycles. The van der Waals surface area contributed by atoms with Crippen molar-refractivity contribution >= 4 is 17.7 Å². The summed E-state index contributed by atoms with van der Waals surface area (Å²) in [6.07, 6.45) is 3.49. The van der Waals surface area contributed by atoms with Crippen LogP contribution in [0, 0.1) is 0 Å². The van der Waals surface area contributed by atoms with E-state index in [1.807, 2.05) is 30.8 Å². The van der Waals surface area contributed by atoms with Crippen molar-refractivity contribution in [1.82, 2.24) is 15.0 Å². The van der Waals surface area contributed by atoms with E-state index in [0.29, 0.717) is 11.9 Å². The number of likely N-dealkylation sites (tertiary alicyclic amines) is 1. The van der Waals surface area contributed by atoms with E-state index in [1.165, 1.54) is 24.3 Å². The van der Waals surface area contributed by atoms with E-state index < -0.39 is 0 Å². The van der Waals surface area contributed by atoms with Gasteiger partial charge in [-0.15, -0.1) is 0 Å². The van der Waals surface area contributed by atoms with Crippen molar-refractivity contribution in [1.29, 1.82) is 0 Å². The quantitative estimate of drug-likeness (QED) is 0.670. The molecule has 2 aromatic rings. The monoisotopic (exact) mass is 360 g/mol. The average Bonchev–Trinajstić information content (AvgIpc) is 3.13. The van der Waals surface area contributed by atoms with Crippen LogP contribution in [-0.2, 0) is 5.75 Å². The first-order valence-electron chi connectivity index (χ1n) is 9.07. The summed E-state index contributed by atoms with van der Waals surface area (Å²) >= 11 is 2.03. The van der Waals surface area contributed by atoms with E-state index in [9.17, 15) is 0 Å². The minimum Gasteiger partial charge on any atom is -0.344 e. The second kappa shape index (κ2) is 9.25. The maximum absolute atomic E-state index is 5.43. The van der Waals surface area contributed by atoms with E-state index >= 15 is 0 Å². The standard InChI is InChI=1S/C19H28N4OS/c1-22(2)19-20-18(24-21-19)17-9-12-23(13-10-17)11-6-14-25-15-16-7-4-3-5-8-16/h3-5,7-8,17H,6,9-15H2,1-2H3. The van der Waals surface area contributed by atoms with Gasteiger partial charge in [-0.1, -0.05) is 30.3 Å². The Bertz CT molecular complexity index is 623. The summed E-state index contributed by atoms with van der Waals surface area (Å²) < 4.78 is 5.43. The number of hydrogen-bond acceptors (Lipinski definition) is 6. The highest BCUT2D eigenvalue weighted by atomic mass is 32.2. The number of thioether (sulfide) groups is 1. The summed E-state index contributed by atoms with van der Waals surface area (Å²) in [5.41, 5.74) is 1.42. The molecule has 0 atom stereocenters. The molecule has 1 aliphatic rings. The molecule has 1 aromatic carbocycles. The van der Waals surface area contributed by atoms with Crippen LogP contribution in [0.25, 0.3) is 0 Å². The number of nitrogens with zero attached hydrogens (tertiary/aromatic N) is 4. The fraction of sp³-hybridized carbons (Fsp3) is 0.579. The van der Waals surface area contributed by atoms with Crippen LogP contribution in [0.15, 0.2) is 34.9 Å². The van der Waals surface area contributed by atoms with Gasteiger partial charge in [-0.05, 0) is 55.4 Å². The number of piperidine rings is 1. The molecule has 0 N–H and O–H groups in total. The van der Waals surface area contributed by atoms with Gasteiger partial charge in [-0.2, -0.15) is 16.7 Å². The first-order chi connectivity index (χ1) is 12.2. The predicted molar refractivity (Wildman–Crippen MR) is 104 cm³/mol. The first-order valence-corrected chi connectivity index (χ1v) is 10.2. The number of rotatable bonds is 8. The largest absolute Gasteiger partial charge is 0.344 e. The van der Waals surface area contributed by atoms with Crippen LogP contribution in [0.2, 0.25) is 0 Å². The Labute approximate surface area is 154 Å². The molecule has 0 unspecified atom stereocenters. The van der Waals surface area contributed by atoms with Crippen molar-refractivity contribution < 1.29 is 4.52 Å². The summed E-state index contributed by atoms with van der Waals surface area (Å²) in [6, 6.07) is 10.7. The molecule has 5 nitrogen and oxygen atoms in total. The number of hydrogen-bond donors (Lipinski definition) is 0. The lowest BCUT2D eigenvalue weighted by atomic mass is 9.97. The molecule has 0 spiro atoms. The molecule has 1 aromatic heterocycles. The highest BCUT2D eigenvalue weighted by Crippen LogP contribution is 2.27. The molecule has 1 fully saturated rings. The second-order valence-corrected chi connectivity index (χ2v) is 7.94. The summed E-state index contributed by atoms with van der Waals surface area (Å²) in [5, 5.41) is 4.03. The van der Waals surface area contributed by atoms with E-state index in [1.54, 1.807) is 0 Å². The van der Waals surface area contributed by atoms with Crippen molar-refractivity contribution in [3.05, 3.63) is 41.8 Å². The molecular weight excluding hydrogens is 332 g/mol. The Balaban J connectivity index is 1.31. The maximum Gasteiger partial charge on any atom is 0.265 e. The fourth-order valence-electron chi connectivity index (χ4n) is 3.13. The average molecular weight is 361 g/mol. The molecule has 3 rings (SSSR count). The third-order valence-corrected chi connectivity index (χ3v) is 5.76. The van der Waals surface area contributed by atoms with Crippen molar-refractivity contribution in [2.75, 3.05) is 44.4 Å². The zero-order chi connectivity index (χ0) is 17.5. The van der Waals surface area contributed by atoms with Gasteiger partial charge >= 0.3 is 0 Å². The van der Waals surface area contributed by atoms with Crippen LogP contribution < -0.4 is 4.90 Å². The fourth-order valence-corrected chi connectivity index (χ4v) is 4.04. The molecule has 0 saturated carbocycles. The zero-order valence-electron chi connectivity index (χ0n) is 15.2. The van der Waals surface area contributed by atoms with Gasteiger partial charge in [-0.25, -0.2) is 0 Å². The van der Waals surface area contributed by atoms with E-state index in [4.69, 9.17) is 4.52 Å². The molecule has 0 radical (unpaired) electrons. The van der Waals surface area contributed by atoms with Crippen molar-refractivity contribution in [3.8, 4) is 0 Å². The Hall–Kier alpha value is -1.53. The smallest absolute Gasteiger partial charge is 0.265 e. The molecule has 6 heteroatoms. The number of aromatic nitrogens is 2. The van der Waals surface area contributed by atoms with Gasteiger partial charge in [-0.3, -0.25) is 0 Å². The predicted octanol–water partition coefficient (Wildman–Crippen LogP) is 3.64. The molecular formula is C19H28N4OS. The van der Waals surface area contributed by atoms with Crippen molar-refractivity contribution in [2.45, 2.75) is 30.9 Å². The lowest BCUT2D eigenvalue weighted by molar-refractivity contribution is 0.195. The Morgan fingerprint density at radius 3 is 2.64 bits per heavy atom. The second-order valence-electron chi connectivity index (χ2n) is 6.83. The Morgan fingerprint density at radius 1 is 1.20 bits per heavy atom. The highest BCUT2D eigenvalue weighted by molar-refractivity contribution is 7.98. The van der Waals surface area contributed by atoms with Crippen LogP contribution in [0.1, 0.15) is 36.6 Å². The minimum atomic E-state index is 0.421.